The summed E-state index contributed by atoms with van der Waals surface area (Å²) in [4.78, 5) is 12.8. The Morgan fingerprint density at radius 2 is 2.07 bits per heavy atom. The van der Waals surface area contributed by atoms with Crippen LogP contribution in [0.3, 0.4) is 0 Å². The van der Waals surface area contributed by atoms with Crippen molar-refractivity contribution < 1.29 is 9.90 Å². The number of aliphatic hydroxyl groups is 1. The van der Waals surface area contributed by atoms with Crippen molar-refractivity contribution in [3.05, 3.63) is 65.2 Å². The summed E-state index contributed by atoms with van der Waals surface area (Å²) >= 11 is 0. The van der Waals surface area contributed by atoms with Crippen molar-refractivity contribution in [2.45, 2.75) is 44.4 Å². The lowest BCUT2D eigenvalue weighted by atomic mass is 10.1. The van der Waals surface area contributed by atoms with Gasteiger partial charge in [-0.3, -0.25) is 14.2 Å². The number of carbonyl (C=O) groups is 1. The van der Waals surface area contributed by atoms with Crippen LogP contribution in [-0.4, -0.2) is 41.8 Å². The van der Waals surface area contributed by atoms with E-state index in [0.717, 1.165) is 24.1 Å². The number of aryl methyl sites for hydroxylation is 1. The van der Waals surface area contributed by atoms with Gasteiger partial charge >= 0.3 is 0 Å². The van der Waals surface area contributed by atoms with Crippen molar-refractivity contribution in [2.75, 3.05) is 0 Å². The Hall–Kier alpha value is -3.00. The Morgan fingerprint density at radius 3 is 2.79 bits per heavy atom. The van der Waals surface area contributed by atoms with E-state index in [0.29, 0.717) is 24.2 Å². The molecule has 0 aliphatic heterocycles. The Labute approximate surface area is 163 Å². The van der Waals surface area contributed by atoms with Crippen molar-refractivity contribution >= 4 is 5.91 Å². The molecule has 1 atom stereocenters. The van der Waals surface area contributed by atoms with Crippen LogP contribution in [-0.2, 0) is 25.6 Å². The predicted octanol–water partition coefficient (Wildman–Crippen LogP) is 1.40. The van der Waals surface area contributed by atoms with Crippen LogP contribution in [0.5, 0.6) is 0 Å². The quantitative estimate of drug-likeness (QED) is 0.646. The number of amides is 1. The standard InChI is InChI=1S/C20H24N6O2/c1-14(12-26-13-18(23-24-26)20(28)8-9-20)22-19(27)16-11-21-25(2)17(16)10-15-6-4-3-5-7-15/h3-7,11,13-14,28H,8-10,12H2,1-2H3,(H,22,27)/t14-/m0/s1. The first-order chi connectivity index (χ1) is 13.4. The number of hydrogen-bond donors (Lipinski definition) is 2. The maximum absolute atomic E-state index is 12.8. The van der Waals surface area contributed by atoms with Gasteiger partial charge in [0.25, 0.3) is 5.91 Å². The van der Waals surface area contributed by atoms with E-state index >= 15 is 0 Å². The number of nitrogens with zero attached hydrogens (tertiary/aromatic N) is 5. The molecular formula is C20H24N6O2. The molecule has 8 nitrogen and oxygen atoms in total. The third kappa shape index (κ3) is 3.82. The highest BCUT2D eigenvalue weighted by Gasteiger charge is 2.44. The van der Waals surface area contributed by atoms with E-state index in [4.69, 9.17) is 0 Å². The molecule has 2 heterocycles. The van der Waals surface area contributed by atoms with Crippen molar-refractivity contribution in [1.82, 2.24) is 30.1 Å². The first kappa shape index (κ1) is 18.4. The predicted molar refractivity (Wildman–Crippen MR) is 103 cm³/mol. The van der Waals surface area contributed by atoms with Crippen LogP contribution >= 0.6 is 0 Å². The van der Waals surface area contributed by atoms with E-state index in [1.54, 1.807) is 21.8 Å². The van der Waals surface area contributed by atoms with Crippen LogP contribution in [0.25, 0.3) is 0 Å². The van der Waals surface area contributed by atoms with Gasteiger partial charge in [0, 0.05) is 19.5 Å². The summed E-state index contributed by atoms with van der Waals surface area (Å²) in [6.45, 7) is 2.39. The van der Waals surface area contributed by atoms with Crippen LogP contribution in [0.15, 0.2) is 42.7 Å². The molecule has 1 fully saturated rings. The fourth-order valence-electron chi connectivity index (χ4n) is 3.25. The van der Waals surface area contributed by atoms with Gasteiger partial charge in [0.1, 0.15) is 11.3 Å². The monoisotopic (exact) mass is 380 g/mol. The Morgan fingerprint density at radius 1 is 1.32 bits per heavy atom. The molecular weight excluding hydrogens is 356 g/mol. The lowest BCUT2D eigenvalue weighted by molar-refractivity contribution is 0.0934. The molecule has 4 rings (SSSR count). The van der Waals surface area contributed by atoms with E-state index < -0.39 is 5.60 Å². The van der Waals surface area contributed by atoms with Gasteiger partial charge in [-0.15, -0.1) is 5.10 Å². The molecule has 28 heavy (non-hydrogen) atoms. The van der Waals surface area contributed by atoms with Crippen molar-refractivity contribution in [3.63, 3.8) is 0 Å². The molecule has 0 bridgehead atoms. The minimum absolute atomic E-state index is 0.152. The zero-order valence-corrected chi connectivity index (χ0v) is 16.0. The van der Waals surface area contributed by atoms with Crippen LogP contribution in [0, 0.1) is 0 Å². The fourth-order valence-corrected chi connectivity index (χ4v) is 3.25. The number of carbonyl (C=O) groups excluding carboxylic acids is 1. The van der Waals surface area contributed by atoms with E-state index in [1.807, 2.05) is 44.3 Å². The van der Waals surface area contributed by atoms with Gasteiger partial charge in [0.15, 0.2) is 0 Å². The molecule has 0 radical (unpaired) electrons. The molecule has 0 saturated heterocycles. The molecule has 3 aromatic rings. The normalized spacial score (nSPS) is 16.0. The minimum atomic E-state index is -0.799. The topological polar surface area (TPSA) is 97.9 Å². The van der Waals surface area contributed by atoms with Gasteiger partial charge < -0.3 is 10.4 Å². The molecule has 1 aliphatic rings. The van der Waals surface area contributed by atoms with Gasteiger partial charge in [-0.25, -0.2) is 0 Å². The summed E-state index contributed by atoms with van der Waals surface area (Å²) in [5, 5.41) is 25.5. The molecule has 1 aromatic carbocycles. The van der Waals surface area contributed by atoms with E-state index in [2.05, 4.69) is 20.7 Å². The minimum Gasteiger partial charge on any atom is -0.383 e. The second kappa shape index (κ2) is 7.20. The van der Waals surface area contributed by atoms with Crippen LogP contribution in [0.2, 0.25) is 0 Å². The van der Waals surface area contributed by atoms with Crippen LogP contribution < -0.4 is 5.32 Å². The van der Waals surface area contributed by atoms with Crippen LogP contribution in [0.1, 0.15) is 47.1 Å². The second-order valence-corrected chi connectivity index (χ2v) is 7.52. The lowest BCUT2D eigenvalue weighted by Crippen LogP contribution is -2.36. The molecule has 2 N–H and O–H groups in total. The lowest BCUT2D eigenvalue weighted by Gasteiger charge is -2.14. The Kier molecular flexibility index (Phi) is 4.72. The van der Waals surface area contributed by atoms with Gasteiger partial charge in [0.05, 0.1) is 30.2 Å². The molecule has 0 unspecified atom stereocenters. The van der Waals surface area contributed by atoms with Gasteiger partial charge in [-0.05, 0) is 25.3 Å². The summed E-state index contributed by atoms with van der Waals surface area (Å²) < 4.78 is 3.40. The van der Waals surface area contributed by atoms with E-state index in [1.165, 1.54) is 0 Å². The van der Waals surface area contributed by atoms with Crippen molar-refractivity contribution in [2.24, 2.45) is 7.05 Å². The molecule has 1 saturated carbocycles. The highest BCUT2D eigenvalue weighted by molar-refractivity contribution is 5.95. The summed E-state index contributed by atoms with van der Waals surface area (Å²) in [5.74, 6) is -0.160. The van der Waals surface area contributed by atoms with Crippen LogP contribution in [0.4, 0.5) is 0 Å². The molecule has 8 heteroatoms. The number of benzene rings is 1. The molecule has 1 aliphatic carbocycles. The fraction of sp³-hybridized carbons (Fsp3) is 0.400. The first-order valence-electron chi connectivity index (χ1n) is 9.43. The third-order valence-electron chi connectivity index (χ3n) is 5.10. The number of aromatic nitrogens is 5. The van der Waals surface area contributed by atoms with E-state index in [-0.39, 0.29) is 11.9 Å². The molecule has 146 valence electrons. The SMILES string of the molecule is C[C@@H](Cn1cc(C2(O)CC2)nn1)NC(=O)c1cnn(C)c1Cc1ccccc1. The molecule has 2 aromatic heterocycles. The summed E-state index contributed by atoms with van der Waals surface area (Å²) in [6.07, 6.45) is 5.45. The maximum atomic E-state index is 12.8. The summed E-state index contributed by atoms with van der Waals surface area (Å²) in [6, 6.07) is 9.86. The zero-order valence-electron chi connectivity index (χ0n) is 16.0. The average molecular weight is 380 g/mol. The highest BCUT2D eigenvalue weighted by atomic mass is 16.3. The smallest absolute Gasteiger partial charge is 0.255 e. The highest BCUT2D eigenvalue weighted by Crippen LogP contribution is 2.43. The number of hydrogen-bond acceptors (Lipinski definition) is 5. The van der Waals surface area contributed by atoms with Gasteiger partial charge in [-0.1, -0.05) is 35.5 Å². The maximum Gasteiger partial charge on any atom is 0.255 e. The molecule has 1 amide bonds. The van der Waals surface area contributed by atoms with E-state index in [9.17, 15) is 9.90 Å². The largest absolute Gasteiger partial charge is 0.383 e. The summed E-state index contributed by atoms with van der Waals surface area (Å²) in [5.41, 5.74) is 2.37. The second-order valence-electron chi connectivity index (χ2n) is 7.52. The average Bonchev–Trinajstić information content (AvgIpc) is 3.08. The Balaban J connectivity index is 1.41. The van der Waals surface area contributed by atoms with Gasteiger partial charge in [-0.2, -0.15) is 5.10 Å². The molecule has 0 spiro atoms. The first-order valence-corrected chi connectivity index (χ1v) is 9.43. The zero-order chi connectivity index (χ0) is 19.7. The van der Waals surface area contributed by atoms with Crippen molar-refractivity contribution in [3.8, 4) is 0 Å². The third-order valence-corrected chi connectivity index (χ3v) is 5.10. The van der Waals surface area contributed by atoms with Crippen molar-refractivity contribution in [1.29, 1.82) is 0 Å². The Bertz CT molecular complexity index is 974. The van der Waals surface area contributed by atoms with Gasteiger partial charge in [0.2, 0.25) is 0 Å². The number of nitrogens with one attached hydrogen (secondary N) is 1. The summed E-state index contributed by atoms with van der Waals surface area (Å²) in [7, 11) is 1.85. The number of rotatable bonds is 7.